The molecule has 5 heteroatoms. The van der Waals surface area contributed by atoms with Gasteiger partial charge in [0.2, 0.25) is 0 Å². The van der Waals surface area contributed by atoms with E-state index in [-0.39, 0.29) is 41.0 Å². The minimum Gasteiger partial charge on any atom is -0.461 e. The number of ether oxygens (including phenoxy) is 2. The van der Waals surface area contributed by atoms with Gasteiger partial charge < -0.3 is 14.6 Å². The number of hydrogen-bond donors (Lipinski definition) is 1. The standard InChI is InChI=1S/C20H26O5/c1-10-11-4-5-12-19(8-11,15(10)21)17(23)25-13-6-7-18(2,3)14-16(22)24-9-20(12,13)14/h11-14,16,22H,1,4-9H2,2-3H3/t11?,12-,13?,14+,16?,19+,20-/m1/s1. The predicted octanol–water partition coefficient (Wildman–Crippen LogP) is 2.22. The van der Waals surface area contributed by atoms with Crippen molar-refractivity contribution < 1.29 is 24.2 Å². The zero-order valence-corrected chi connectivity index (χ0v) is 14.9. The van der Waals surface area contributed by atoms with Gasteiger partial charge in [0.15, 0.2) is 12.1 Å². The Kier molecular flexibility index (Phi) is 2.91. The van der Waals surface area contributed by atoms with E-state index < -0.39 is 17.1 Å². The third-order valence-electron chi connectivity index (χ3n) is 8.28. The molecule has 3 aliphatic carbocycles. The molecule has 3 unspecified atom stereocenters. The summed E-state index contributed by atoms with van der Waals surface area (Å²) in [6.07, 6.45) is 2.77. The fraction of sp³-hybridized carbons (Fsp3) is 0.800. The summed E-state index contributed by atoms with van der Waals surface area (Å²) in [6.45, 7) is 8.69. The lowest BCUT2D eigenvalue weighted by atomic mass is 9.44. The van der Waals surface area contributed by atoms with Crippen LogP contribution < -0.4 is 0 Å². The quantitative estimate of drug-likeness (QED) is 0.414. The van der Waals surface area contributed by atoms with Gasteiger partial charge in [0.1, 0.15) is 11.5 Å². The van der Waals surface area contributed by atoms with Crippen molar-refractivity contribution in [2.24, 2.45) is 34.0 Å². The van der Waals surface area contributed by atoms with Crippen LogP contribution >= 0.6 is 0 Å². The summed E-state index contributed by atoms with van der Waals surface area (Å²) in [5.41, 5.74) is -1.07. The molecular weight excluding hydrogens is 320 g/mol. The summed E-state index contributed by atoms with van der Waals surface area (Å²) < 4.78 is 11.7. The van der Waals surface area contributed by atoms with Gasteiger partial charge in [-0.3, -0.25) is 9.59 Å². The molecule has 5 nitrogen and oxygen atoms in total. The Labute approximate surface area is 147 Å². The van der Waals surface area contributed by atoms with E-state index in [1.165, 1.54) is 0 Å². The lowest BCUT2D eigenvalue weighted by Crippen LogP contribution is -2.68. The van der Waals surface area contributed by atoms with E-state index in [4.69, 9.17) is 9.47 Å². The monoisotopic (exact) mass is 346 g/mol. The SMILES string of the molecule is C=C1C(=O)[C@]23CC1CC[C@H]2[C@@]12COC(O)[C@H]1C(C)(C)CCC2OC3=O. The number of aliphatic hydroxyl groups is 1. The van der Waals surface area contributed by atoms with Gasteiger partial charge in [0.05, 0.1) is 6.61 Å². The first kappa shape index (κ1) is 16.0. The zero-order chi connectivity index (χ0) is 17.8. The number of esters is 1. The molecule has 2 saturated heterocycles. The topological polar surface area (TPSA) is 72.8 Å². The highest BCUT2D eigenvalue weighted by atomic mass is 16.6. The molecule has 136 valence electrons. The minimum atomic E-state index is -1.09. The maximum atomic E-state index is 13.2. The van der Waals surface area contributed by atoms with Crippen molar-refractivity contribution in [3.05, 3.63) is 12.2 Å². The fourth-order valence-corrected chi connectivity index (χ4v) is 7.27. The van der Waals surface area contributed by atoms with E-state index in [1.54, 1.807) is 0 Å². The van der Waals surface area contributed by atoms with Gasteiger partial charge in [-0.05, 0) is 54.9 Å². The van der Waals surface area contributed by atoms with E-state index in [9.17, 15) is 14.7 Å². The van der Waals surface area contributed by atoms with E-state index >= 15 is 0 Å². The number of allylic oxidation sites excluding steroid dienone is 1. The normalized spacial score (nSPS) is 53.1. The van der Waals surface area contributed by atoms with Gasteiger partial charge >= 0.3 is 5.97 Å². The summed E-state index contributed by atoms with van der Waals surface area (Å²) >= 11 is 0. The molecule has 2 aliphatic heterocycles. The third-order valence-corrected chi connectivity index (χ3v) is 8.28. The average Bonchev–Trinajstić information content (AvgIpc) is 3.01. The number of hydrogen-bond acceptors (Lipinski definition) is 5. The second kappa shape index (κ2) is 4.55. The smallest absolute Gasteiger partial charge is 0.320 e. The first-order chi connectivity index (χ1) is 11.7. The minimum absolute atomic E-state index is 0.103. The highest BCUT2D eigenvalue weighted by Crippen LogP contribution is 2.71. The molecule has 0 aromatic carbocycles. The van der Waals surface area contributed by atoms with Crippen LogP contribution in [0.4, 0.5) is 0 Å². The van der Waals surface area contributed by atoms with Crippen molar-refractivity contribution in [1.82, 2.24) is 0 Å². The second-order valence-electron chi connectivity index (χ2n) is 9.57. The highest BCUT2D eigenvalue weighted by Gasteiger charge is 2.77. The number of carbonyl (C=O) groups is 2. The van der Waals surface area contributed by atoms with Crippen molar-refractivity contribution in [1.29, 1.82) is 0 Å². The number of Topliss-reactive ketones (excluding diaryl/α,β-unsaturated/α-hetero) is 1. The van der Waals surface area contributed by atoms with Gasteiger partial charge in [-0.15, -0.1) is 0 Å². The van der Waals surface area contributed by atoms with Crippen molar-refractivity contribution >= 4 is 11.8 Å². The van der Waals surface area contributed by atoms with Crippen LogP contribution in [0.5, 0.6) is 0 Å². The molecule has 1 N–H and O–H groups in total. The molecule has 3 saturated carbocycles. The van der Waals surface area contributed by atoms with Crippen LogP contribution in [-0.4, -0.2) is 35.9 Å². The van der Waals surface area contributed by atoms with Gasteiger partial charge in [0.25, 0.3) is 0 Å². The van der Waals surface area contributed by atoms with Crippen molar-refractivity contribution in [3.63, 3.8) is 0 Å². The summed E-state index contributed by atoms with van der Waals surface area (Å²) in [4.78, 5) is 26.2. The Bertz CT molecular complexity index is 696. The van der Waals surface area contributed by atoms with Crippen molar-refractivity contribution in [2.45, 2.75) is 58.3 Å². The molecular formula is C20H26O5. The fourth-order valence-electron chi connectivity index (χ4n) is 7.27. The van der Waals surface area contributed by atoms with Gasteiger partial charge in [-0.1, -0.05) is 20.4 Å². The summed E-state index contributed by atoms with van der Waals surface area (Å²) in [7, 11) is 0. The number of rotatable bonds is 0. The maximum Gasteiger partial charge on any atom is 0.320 e. The lowest BCUT2D eigenvalue weighted by molar-refractivity contribution is -0.236. The molecule has 0 aromatic heterocycles. The molecule has 0 aromatic rings. The Hall–Kier alpha value is -1.20. The van der Waals surface area contributed by atoms with Gasteiger partial charge in [0, 0.05) is 11.3 Å². The molecule has 5 fully saturated rings. The molecule has 0 radical (unpaired) electrons. The molecule has 5 rings (SSSR count). The van der Waals surface area contributed by atoms with Crippen LogP contribution in [0, 0.1) is 34.0 Å². The van der Waals surface area contributed by atoms with Crippen LogP contribution in [0.2, 0.25) is 0 Å². The van der Waals surface area contributed by atoms with Gasteiger partial charge in [-0.25, -0.2) is 0 Å². The molecule has 25 heavy (non-hydrogen) atoms. The van der Waals surface area contributed by atoms with Crippen LogP contribution in [0.3, 0.4) is 0 Å². The Balaban J connectivity index is 1.71. The van der Waals surface area contributed by atoms with E-state index in [2.05, 4.69) is 20.4 Å². The number of fused-ring (bicyclic) bond motifs is 1. The van der Waals surface area contributed by atoms with E-state index in [1.807, 2.05) is 0 Å². The largest absolute Gasteiger partial charge is 0.461 e. The zero-order valence-electron chi connectivity index (χ0n) is 14.9. The molecule has 0 amide bonds. The molecule has 2 heterocycles. The number of carbonyl (C=O) groups excluding carboxylic acids is 2. The lowest BCUT2D eigenvalue weighted by Gasteiger charge is -2.61. The van der Waals surface area contributed by atoms with E-state index in [0.29, 0.717) is 18.6 Å². The first-order valence-corrected chi connectivity index (χ1v) is 9.49. The van der Waals surface area contributed by atoms with Crippen LogP contribution in [0.25, 0.3) is 0 Å². The highest BCUT2D eigenvalue weighted by molar-refractivity contribution is 6.15. The molecule has 7 atom stereocenters. The summed E-state index contributed by atoms with van der Waals surface area (Å²) in [5.74, 6) is -0.586. The predicted molar refractivity (Wildman–Crippen MR) is 88.2 cm³/mol. The molecule has 2 bridgehead atoms. The van der Waals surface area contributed by atoms with Crippen LogP contribution in [0.15, 0.2) is 12.2 Å². The van der Waals surface area contributed by atoms with E-state index in [0.717, 1.165) is 25.7 Å². The average molecular weight is 346 g/mol. The van der Waals surface area contributed by atoms with Crippen molar-refractivity contribution in [2.75, 3.05) is 6.61 Å². The number of aliphatic hydroxyl groups excluding tert-OH is 1. The second-order valence-corrected chi connectivity index (χ2v) is 9.57. The maximum absolute atomic E-state index is 13.2. The Morgan fingerprint density at radius 3 is 2.72 bits per heavy atom. The Morgan fingerprint density at radius 1 is 1.20 bits per heavy atom. The third kappa shape index (κ3) is 1.59. The molecule has 5 aliphatic rings. The first-order valence-electron chi connectivity index (χ1n) is 9.49. The van der Waals surface area contributed by atoms with Crippen LogP contribution in [0.1, 0.15) is 46.0 Å². The van der Waals surface area contributed by atoms with Crippen molar-refractivity contribution in [3.8, 4) is 0 Å². The van der Waals surface area contributed by atoms with Crippen LogP contribution in [-0.2, 0) is 19.1 Å². The number of ketones is 1. The Morgan fingerprint density at radius 2 is 1.96 bits per heavy atom. The summed E-state index contributed by atoms with van der Waals surface area (Å²) in [5, 5.41) is 10.7. The molecule has 2 spiro atoms. The summed E-state index contributed by atoms with van der Waals surface area (Å²) in [6, 6.07) is 0. The van der Waals surface area contributed by atoms with Gasteiger partial charge in [-0.2, -0.15) is 0 Å².